The molecule has 130 valence electrons. The second-order valence-electron chi connectivity index (χ2n) is 6.93. The molecule has 1 aromatic carbocycles. The number of nitrogens with zero attached hydrogens (tertiary/aromatic N) is 1. The summed E-state index contributed by atoms with van der Waals surface area (Å²) < 4.78 is 0.997. The van der Waals surface area contributed by atoms with Gasteiger partial charge in [-0.15, -0.1) is 0 Å². The van der Waals surface area contributed by atoms with Crippen LogP contribution in [0.1, 0.15) is 44.9 Å². The second-order valence-corrected chi connectivity index (χ2v) is 7.85. The molecule has 2 aliphatic rings. The van der Waals surface area contributed by atoms with E-state index in [0.717, 1.165) is 61.8 Å². The summed E-state index contributed by atoms with van der Waals surface area (Å²) in [7, 11) is 0. The molecule has 0 atom stereocenters. The summed E-state index contributed by atoms with van der Waals surface area (Å²) in [6, 6.07) is 7.63. The SMILES string of the molecule is O=C(Nc1ccc(Br)cc1)C1CCC(C(=O)N2CCCCC2)CC1. The highest BCUT2D eigenvalue weighted by Gasteiger charge is 2.32. The van der Waals surface area contributed by atoms with Crippen LogP contribution in [0, 0.1) is 11.8 Å². The van der Waals surface area contributed by atoms with Crippen molar-refractivity contribution in [3.05, 3.63) is 28.7 Å². The molecule has 0 aromatic heterocycles. The number of anilines is 1. The molecule has 2 amide bonds. The Balaban J connectivity index is 1.48. The number of carbonyl (C=O) groups excluding carboxylic acids is 2. The van der Waals surface area contributed by atoms with Crippen LogP contribution in [-0.4, -0.2) is 29.8 Å². The first-order valence-electron chi connectivity index (χ1n) is 8.99. The van der Waals surface area contributed by atoms with Gasteiger partial charge < -0.3 is 10.2 Å². The molecule has 1 saturated heterocycles. The van der Waals surface area contributed by atoms with Crippen molar-refractivity contribution in [3.63, 3.8) is 0 Å². The fraction of sp³-hybridized carbons (Fsp3) is 0.579. The first-order valence-corrected chi connectivity index (χ1v) is 9.78. The molecule has 1 aromatic rings. The number of piperidine rings is 1. The molecule has 2 fully saturated rings. The molecular formula is C19H25BrN2O2. The standard InChI is InChI=1S/C19H25BrN2O2/c20-16-8-10-17(11-9-16)21-18(23)14-4-6-15(7-5-14)19(24)22-12-2-1-3-13-22/h8-11,14-15H,1-7,12-13H2,(H,21,23). The summed E-state index contributed by atoms with van der Waals surface area (Å²) in [5.41, 5.74) is 0.828. The van der Waals surface area contributed by atoms with E-state index in [1.54, 1.807) is 0 Å². The van der Waals surface area contributed by atoms with Crippen molar-refractivity contribution in [1.29, 1.82) is 0 Å². The van der Waals surface area contributed by atoms with E-state index in [1.165, 1.54) is 6.42 Å². The van der Waals surface area contributed by atoms with E-state index >= 15 is 0 Å². The Morgan fingerprint density at radius 2 is 1.50 bits per heavy atom. The number of carbonyl (C=O) groups is 2. The van der Waals surface area contributed by atoms with E-state index in [9.17, 15) is 9.59 Å². The third-order valence-corrected chi connectivity index (χ3v) is 5.76. The molecule has 5 heteroatoms. The topological polar surface area (TPSA) is 49.4 Å². The van der Waals surface area contributed by atoms with Gasteiger partial charge in [0.15, 0.2) is 0 Å². The molecule has 1 aliphatic carbocycles. The highest BCUT2D eigenvalue weighted by atomic mass is 79.9. The van der Waals surface area contributed by atoms with Crippen LogP contribution in [0.15, 0.2) is 28.7 Å². The Morgan fingerprint density at radius 3 is 2.12 bits per heavy atom. The van der Waals surface area contributed by atoms with Gasteiger partial charge >= 0.3 is 0 Å². The number of nitrogens with one attached hydrogen (secondary N) is 1. The van der Waals surface area contributed by atoms with Gasteiger partial charge in [-0.25, -0.2) is 0 Å². The van der Waals surface area contributed by atoms with E-state index in [0.29, 0.717) is 5.91 Å². The maximum atomic E-state index is 12.6. The third-order valence-electron chi connectivity index (χ3n) is 5.23. The maximum Gasteiger partial charge on any atom is 0.227 e. The van der Waals surface area contributed by atoms with Crippen molar-refractivity contribution in [3.8, 4) is 0 Å². The molecule has 3 rings (SSSR count). The molecule has 1 heterocycles. The fourth-order valence-corrected chi connectivity index (χ4v) is 4.02. The highest BCUT2D eigenvalue weighted by Crippen LogP contribution is 2.31. The Labute approximate surface area is 152 Å². The van der Waals surface area contributed by atoms with E-state index < -0.39 is 0 Å². The monoisotopic (exact) mass is 392 g/mol. The fourth-order valence-electron chi connectivity index (χ4n) is 3.75. The number of likely N-dealkylation sites (tertiary alicyclic amines) is 1. The molecule has 0 spiro atoms. The Kier molecular flexibility index (Phi) is 5.93. The lowest BCUT2D eigenvalue weighted by molar-refractivity contribution is -0.138. The maximum absolute atomic E-state index is 12.6. The van der Waals surface area contributed by atoms with Gasteiger partial charge in [-0.05, 0) is 69.2 Å². The smallest absolute Gasteiger partial charge is 0.227 e. The van der Waals surface area contributed by atoms with Gasteiger partial charge in [0.2, 0.25) is 11.8 Å². The van der Waals surface area contributed by atoms with Crippen LogP contribution in [0.5, 0.6) is 0 Å². The van der Waals surface area contributed by atoms with Gasteiger partial charge in [-0.3, -0.25) is 9.59 Å². The zero-order valence-corrected chi connectivity index (χ0v) is 15.6. The quantitative estimate of drug-likeness (QED) is 0.837. The van der Waals surface area contributed by atoms with Crippen molar-refractivity contribution >= 4 is 33.4 Å². The predicted molar refractivity (Wildman–Crippen MR) is 98.7 cm³/mol. The minimum Gasteiger partial charge on any atom is -0.342 e. The molecule has 0 bridgehead atoms. The van der Waals surface area contributed by atoms with Crippen LogP contribution in [0.2, 0.25) is 0 Å². The van der Waals surface area contributed by atoms with Gasteiger partial charge in [-0.1, -0.05) is 15.9 Å². The van der Waals surface area contributed by atoms with Gasteiger partial charge in [-0.2, -0.15) is 0 Å². The lowest BCUT2D eigenvalue weighted by Gasteiger charge is -2.33. The molecule has 1 saturated carbocycles. The number of hydrogen-bond acceptors (Lipinski definition) is 2. The number of amides is 2. The zero-order chi connectivity index (χ0) is 16.9. The van der Waals surface area contributed by atoms with Crippen LogP contribution in [0.25, 0.3) is 0 Å². The molecule has 0 radical (unpaired) electrons. The minimum atomic E-state index is 0.0269. The van der Waals surface area contributed by atoms with Crippen LogP contribution in [0.4, 0.5) is 5.69 Å². The van der Waals surface area contributed by atoms with Crippen molar-refractivity contribution in [2.24, 2.45) is 11.8 Å². The third kappa shape index (κ3) is 4.38. The summed E-state index contributed by atoms with van der Waals surface area (Å²) in [5, 5.41) is 2.99. The van der Waals surface area contributed by atoms with E-state index in [2.05, 4.69) is 21.2 Å². The Bertz CT molecular complexity index is 574. The van der Waals surface area contributed by atoms with E-state index in [4.69, 9.17) is 0 Å². The predicted octanol–water partition coefficient (Wildman–Crippen LogP) is 4.21. The van der Waals surface area contributed by atoms with Crippen LogP contribution in [0.3, 0.4) is 0 Å². The van der Waals surface area contributed by atoms with Crippen molar-refractivity contribution < 1.29 is 9.59 Å². The number of benzene rings is 1. The van der Waals surface area contributed by atoms with Gasteiger partial charge in [0, 0.05) is 35.1 Å². The van der Waals surface area contributed by atoms with E-state index in [-0.39, 0.29) is 17.7 Å². The number of halogens is 1. The molecule has 24 heavy (non-hydrogen) atoms. The molecular weight excluding hydrogens is 368 g/mol. The van der Waals surface area contributed by atoms with Gasteiger partial charge in [0.1, 0.15) is 0 Å². The lowest BCUT2D eigenvalue weighted by Crippen LogP contribution is -2.41. The highest BCUT2D eigenvalue weighted by molar-refractivity contribution is 9.10. The van der Waals surface area contributed by atoms with Gasteiger partial charge in [0.25, 0.3) is 0 Å². The molecule has 0 unspecified atom stereocenters. The second kappa shape index (κ2) is 8.15. The van der Waals surface area contributed by atoms with Crippen LogP contribution >= 0.6 is 15.9 Å². The van der Waals surface area contributed by atoms with E-state index in [1.807, 2.05) is 29.2 Å². The minimum absolute atomic E-state index is 0.0269. The average Bonchev–Trinajstić information content (AvgIpc) is 2.64. The zero-order valence-electron chi connectivity index (χ0n) is 14.0. The average molecular weight is 393 g/mol. The summed E-state index contributed by atoms with van der Waals surface area (Å²) >= 11 is 3.39. The largest absolute Gasteiger partial charge is 0.342 e. The molecule has 1 aliphatic heterocycles. The Morgan fingerprint density at radius 1 is 0.917 bits per heavy atom. The summed E-state index contributed by atoms with van der Waals surface area (Å²) in [6.07, 6.45) is 6.82. The van der Waals surface area contributed by atoms with Crippen LogP contribution < -0.4 is 5.32 Å². The van der Waals surface area contributed by atoms with Gasteiger partial charge in [0.05, 0.1) is 0 Å². The summed E-state index contributed by atoms with van der Waals surface area (Å²) in [6.45, 7) is 1.84. The molecule has 1 N–H and O–H groups in total. The van der Waals surface area contributed by atoms with Crippen molar-refractivity contribution in [2.75, 3.05) is 18.4 Å². The normalized spacial score (nSPS) is 24.5. The summed E-state index contributed by atoms with van der Waals surface area (Å²) in [4.78, 5) is 27.0. The molecule has 4 nitrogen and oxygen atoms in total. The number of rotatable bonds is 3. The summed E-state index contributed by atoms with van der Waals surface area (Å²) in [5.74, 6) is 0.557. The Hall–Kier alpha value is -1.36. The van der Waals surface area contributed by atoms with Crippen LogP contribution in [-0.2, 0) is 9.59 Å². The number of hydrogen-bond donors (Lipinski definition) is 1. The first kappa shape index (κ1) is 17.5. The lowest BCUT2D eigenvalue weighted by atomic mass is 9.80. The van der Waals surface area contributed by atoms with Crippen molar-refractivity contribution in [1.82, 2.24) is 4.90 Å². The first-order chi connectivity index (χ1) is 11.6. The van der Waals surface area contributed by atoms with Crippen molar-refractivity contribution in [2.45, 2.75) is 44.9 Å².